The first-order chi connectivity index (χ1) is 13.7. The number of fused-ring (bicyclic) bond motifs is 1. The standard InChI is InChI=1S/C21H26N6O/c1-15-7-8-19(26-13-15)27-20(28)10-12-24-21(22-2)23-11-9-16-14-25-18-6-4-3-5-17(16)18/h3-8,13-14,25H,9-12H2,1-2H3,(H2,22,23,24)(H,26,27,28). The van der Waals surface area contributed by atoms with Crippen LogP contribution in [0, 0.1) is 6.92 Å². The largest absolute Gasteiger partial charge is 0.361 e. The maximum atomic E-state index is 12.0. The number of pyridine rings is 1. The smallest absolute Gasteiger partial charge is 0.227 e. The average molecular weight is 378 g/mol. The monoisotopic (exact) mass is 378 g/mol. The Morgan fingerprint density at radius 3 is 2.75 bits per heavy atom. The minimum absolute atomic E-state index is 0.0851. The number of amides is 1. The van der Waals surface area contributed by atoms with Crippen molar-refractivity contribution in [3.05, 3.63) is 59.9 Å². The molecule has 146 valence electrons. The fourth-order valence-corrected chi connectivity index (χ4v) is 2.92. The van der Waals surface area contributed by atoms with E-state index < -0.39 is 0 Å². The molecule has 2 heterocycles. The summed E-state index contributed by atoms with van der Waals surface area (Å²) in [6.45, 7) is 3.20. The summed E-state index contributed by atoms with van der Waals surface area (Å²) in [5.74, 6) is 1.16. The van der Waals surface area contributed by atoms with Gasteiger partial charge in [-0.2, -0.15) is 0 Å². The average Bonchev–Trinajstić information content (AvgIpc) is 3.12. The predicted octanol–water partition coefficient (Wildman–Crippen LogP) is 2.61. The number of aryl methyl sites for hydroxylation is 1. The van der Waals surface area contributed by atoms with Crippen LogP contribution in [0.4, 0.5) is 5.82 Å². The van der Waals surface area contributed by atoms with Crippen LogP contribution in [0.1, 0.15) is 17.5 Å². The Hall–Kier alpha value is -3.35. The van der Waals surface area contributed by atoms with Crippen LogP contribution in [-0.2, 0) is 11.2 Å². The second kappa shape index (κ2) is 9.55. The molecule has 0 fully saturated rings. The lowest BCUT2D eigenvalue weighted by atomic mass is 10.1. The van der Waals surface area contributed by atoms with Crippen molar-refractivity contribution in [2.24, 2.45) is 4.99 Å². The zero-order valence-electron chi connectivity index (χ0n) is 16.2. The fourth-order valence-electron chi connectivity index (χ4n) is 2.92. The van der Waals surface area contributed by atoms with Crippen LogP contribution in [0.25, 0.3) is 10.9 Å². The number of aliphatic imine (C=N–C) groups is 1. The Morgan fingerprint density at radius 1 is 1.14 bits per heavy atom. The van der Waals surface area contributed by atoms with Crippen molar-refractivity contribution in [3.63, 3.8) is 0 Å². The summed E-state index contributed by atoms with van der Waals surface area (Å²) in [5, 5.41) is 10.5. The normalized spacial score (nSPS) is 11.4. The molecule has 28 heavy (non-hydrogen) atoms. The molecule has 0 saturated carbocycles. The Kier molecular flexibility index (Phi) is 6.62. The topological polar surface area (TPSA) is 94.2 Å². The first-order valence-electron chi connectivity index (χ1n) is 9.38. The molecule has 0 atom stereocenters. The number of carbonyl (C=O) groups is 1. The number of hydrogen-bond donors (Lipinski definition) is 4. The molecule has 3 rings (SSSR count). The summed E-state index contributed by atoms with van der Waals surface area (Å²) in [6.07, 6.45) is 4.99. The third-order valence-corrected chi connectivity index (χ3v) is 4.41. The fraction of sp³-hybridized carbons (Fsp3) is 0.286. The van der Waals surface area contributed by atoms with E-state index in [9.17, 15) is 4.79 Å². The van der Waals surface area contributed by atoms with Crippen molar-refractivity contribution < 1.29 is 4.79 Å². The molecule has 4 N–H and O–H groups in total. The molecule has 0 bridgehead atoms. The summed E-state index contributed by atoms with van der Waals surface area (Å²) in [5.41, 5.74) is 3.47. The zero-order chi connectivity index (χ0) is 19.8. The highest BCUT2D eigenvalue weighted by atomic mass is 16.1. The summed E-state index contributed by atoms with van der Waals surface area (Å²) in [6, 6.07) is 12.0. The third-order valence-electron chi connectivity index (χ3n) is 4.41. The molecule has 7 nitrogen and oxygen atoms in total. The van der Waals surface area contributed by atoms with Gasteiger partial charge in [0.05, 0.1) is 0 Å². The minimum Gasteiger partial charge on any atom is -0.361 e. The second-order valence-corrected chi connectivity index (χ2v) is 6.55. The molecule has 0 saturated heterocycles. The summed E-state index contributed by atoms with van der Waals surface area (Å²) in [4.78, 5) is 23.7. The van der Waals surface area contributed by atoms with Crippen LogP contribution in [0.5, 0.6) is 0 Å². The van der Waals surface area contributed by atoms with Crippen LogP contribution in [0.2, 0.25) is 0 Å². The van der Waals surface area contributed by atoms with Gasteiger partial charge in [0.1, 0.15) is 5.82 Å². The van der Waals surface area contributed by atoms with Gasteiger partial charge in [-0.15, -0.1) is 0 Å². The van der Waals surface area contributed by atoms with Crippen molar-refractivity contribution in [2.45, 2.75) is 19.8 Å². The van der Waals surface area contributed by atoms with Gasteiger partial charge in [0.2, 0.25) is 5.91 Å². The molecule has 0 aliphatic rings. The van der Waals surface area contributed by atoms with Crippen LogP contribution < -0.4 is 16.0 Å². The third kappa shape index (κ3) is 5.33. The van der Waals surface area contributed by atoms with E-state index in [2.05, 4.69) is 43.0 Å². The molecule has 7 heteroatoms. The number of H-pyrrole nitrogens is 1. The van der Waals surface area contributed by atoms with E-state index in [0.717, 1.165) is 24.0 Å². The number of carbonyl (C=O) groups excluding carboxylic acids is 1. The van der Waals surface area contributed by atoms with Gasteiger partial charge in [0.15, 0.2) is 5.96 Å². The molecule has 0 spiro atoms. The van der Waals surface area contributed by atoms with Crippen molar-refractivity contribution in [3.8, 4) is 0 Å². The lowest BCUT2D eigenvalue weighted by Gasteiger charge is -2.11. The van der Waals surface area contributed by atoms with Crippen molar-refractivity contribution in [1.29, 1.82) is 0 Å². The van der Waals surface area contributed by atoms with Gasteiger partial charge in [-0.25, -0.2) is 4.98 Å². The number of aromatic amines is 1. The molecular formula is C21H26N6O. The number of aromatic nitrogens is 2. The predicted molar refractivity (Wildman–Crippen MR) is 114 cm³/mol. The first-order valence-corrected chi connectivity index (χ1v) is 9.38. The number of guanidine groups is 1. The van der Waals surface area contributed by atoms with E-state index in [1.165, 1.54) is 10.9 Å². The summed E-state index contributed by atoms with van der Waals surface area (Å²) >= 11 is 0. The maximum Gasteiger partial charge on any atom is 0.227 e. The summed E-state index contributed by atoms with van der Waals surface area (Å²) < 4.78 is 0. The van der Waals surface area contributed by atoms with Gasteiger partial charge < -0.3 is 20.9 Å². The molecule has 1 aromatic carbocycles. The molecular weight excluding hydrogens is 352 g/mol. The number of hydrogen-bond acceptors (Lipinski definition) is 3. The zero-order valence-corrected chi connectivity index (χ0v) is 16.2. The Balaban J connectivity index is 1.38. The number of nitrogens with zero attached hydrogens (tertiary/aromatic N) is 2. The first kappa shape index (κ1) is 19.4. The van der Waals surface area contributed by atoms with Gasteiger partial charge in [-0.3, -0.25) is 9.79 Å². The van der Waals surface area contributed by atoms with Crippen LogP contribution in [0.15, 0.2) is 53.8 Å². The van der Waals surface area contributed by atoms with E-state index in [0.29, 0.717) is 24.7 Å². The van der Waals surface area contributed by atoms with Crippen LogP contribution in [0.3, 0.4) is 0 Å². The highest BCUT2D eigenvalue weighted by molar-refractivity contribution is 5.90. The van der Waals surface area contributed by atoms with E-state index in [4.69, 9.17) is 0 Å². The molecule has 3 aromatic rings. The Bertz CT molecular complexity index is 945. The highest BCUT2D eigenvalue weighted by Crippen LogP contribution is 2.17. The highest BCUT2D eigenvalue weighted by Gasteiger charge is 2.06. The molecule has 0 aliphatic carbocycles. The SMILES string of the molecule is CN=C(NCCC(=O)Nc1ccc(C)cn1)NCCc1c[nH]c2ccccc12. The van der Waals surface area contributed by atoms with E-state index in [1.807, 2.05) is 31.3 Å². The second-order valence-electron chi connectivity index (χ2n) is 6.55. The van der Waals surface area contributed by atoms with E-state index >= 15 is 0 Å². The van der Waals surface area contributed by atoms with Gasteiger partial charge >= 0.3 is 0 Å². The van der Waals surface area contributed by atoms with Gasteiger partial charge in [-0.1, -0.05) is 24.3 Å². The molecule has 0 unspecified atom stereocenters. The number of nitrogens with one attached hydrogen (secondary N) is 4. The number of rotatable bonds is 7. The molecule has 1 amide bonds. The van der Waals surface area contributed by atoms with Crippen molar-refractivity contribution >= 4 is 28.6 Å². The van der Waals surface area contributed by atoms with Crippen LogP contribution >= 0.6 is 0 Å². The maximum absolute atomic E-state index is 12.0. The van der Waals surface area contributed by atoms with E-state index in [1.54, 1.807) is 19.3 Å². The lowest BCUT2D eigenvalue weighted by molar-refractivity contribution is -0.116. The van der Waals surface area contributed by atoms with Crippen LogP contribution in [-0.4, -0.2) is 42.0 Å². The van der Waals surface area contributed by atoms with Crippen molar-refractivity contribution in [1.82, 2.24) is 20.6 Å². The molecule has 2 aromatic heterocycles. The molecule has 0 aliphatic heterocycles. The quantitative estimate of drug-likeness (QED) is 0.375. The number of benzene rings is 1. The Labute approximate surface area is 164 Å². The number of para-hydroxylation sites is 1. The Morgan fingerprint density at radius 2 is 1.96 bits per heavy atom. The minimum atomic E-state index is -0.0851. The van der Waals surface area contributed by atoms with Gasteiger partial charge in [-0.05, 0) is 36.6 Å². The number of anilines is 1. The summed E-state index contributed by atoms with van der Waals surface area (Å²) in [7, 11) is 1.72. The van der Waals surface area contributed by atoms with Gasteiger partial charge in [0.25, 0.3) is 0 Å². The van der Waals surface area contributed by atoms with Gasteiger partial charge in [0, 0.05) is 49.9 Å². The molecule has 0 radical (unpaired) electrons. The van der Waals surface area contributed by atoms with Crippen molar-refractivity contribution in [2.75, 3.05) is 25.5 Å². The lowest BCUT2D eigenvalue weighted by Crippen LogP contribution is -2.39. The van der Waals surface area contributed by atoms with E-state index in [-0.39, 0.29) is 5.91 Å².